The van der Waals surface area contributed by atoms with E-state index in [1.165, 1.54) is 6.92 Å². The van der Waals surface area contributed by atoms with E-state index in [1.807, 2.05) is 36.4 Å². The van der Waals surface area contributed by atoms with Gasteiger partial charge in [-0.2, -0.15) is 0 Å². The van der Waals surface area contributed by atoms with E-state index in [2.05, 4.69) is 0 Å². The van der Waals surface area contributed by atoms with Gasteiger partial charge in [0, 0.05) is 5.56 Å². The summed E-state index contributed by atoms with van der Waals surface area (Å²) in [5.41, 5.74) is 6.94. The molecule has 3 aliphatic carbocycles. The molecule has 8 nitrogen and oxygen atoms in total. The Morgan fingerprint density at radius 1 is 1.19 bits per heavy atom. The lowest BCUT2D eigenvalue weighted by Crippen LogP contribution is -2.67. The Morgan fingerprint density at radius 3 is 2.76 bits per heavy atom. The molecule has 6 atom stereocenters. The smallest absolute Gasteiger partial charge is 0.352 e. The maximum Gasteiger partial charge on any atom is 0.352 e. The van der Waals surface area contributed by atoms with Crippen molar-refractivity contribution in [2.45, 2.75) is 74.7 Å². The number of hydrogen-bond acceptors (Lipinski definition) is 8. The predicted molar refractivity (Wildman–Crippen MR) is 133 cm³/mol. The Bertz CT molecular complexity index is 1290. The molecule has 37 heavy (non-hydrogen) atoms. The molecular formula is C29H31NO7. The lowest BCUT2D eigenvalue weighted by atomic mass is 9.47. The van der Waals surface area contributed by atoms with Crippen molar-refractivity contribution in [2.75, 3.05) is 0 Å². The lowest BCUT2D eigenvalue weighted by Gasteiger charge is -2.59. The van der Waals surface area contributed by atoms with Crippen LogP contribution in [0.15, 0.2) is 54.3 Å². The average Bonchev–Trinajstić information content (AvgIpc) is 3.23. The van der Waals surface area contributed by atoms with Gasteiger partial charge in [0.15, 0.2) is 23.7 Å². The third-order valence-electron chi connectivity index (χ3n) is 8.71. The van der Waals surface area contributed by atoms with Gasteiger partial charge in [0.25, 0.3) is 0 Å². The van der Waals surface area contributed by atoms with Gasteiger partial charge in [-0.3, -0.25) is 4.79 Å². The molecule has 0 radical (unpaired) electrons. The van der Waals surface area contributed by atoms with Crippen LogP contribution in [0.2, 0.25) is 0 Å². The molecule has 1 aliphatic heterocycles. The number of ether oxygens (including phenoxy) is 3. The zero-order chi connectivity index (χ0) is 25.9. The summed E-state index contributed by atoms with van der Waals surface area (Å²) < 4.78 is 17.4. The van der Waals surface area contributed by atoms with Crippen molar-refractivity contribution in [1.82, 2.24) is 0 Å². The zero-order valence-electron chi connectivity index (χ0n) is 20.7. The van der Waals surface area contributed by atoms with Crippen molar-refractivity contribution >= 4 is 11.9 Å². The predicted octanol–water partition coefficient (Wildman–Crippen LogP) is 2.81. The second kappa shape index (κ2) is 8.60. The van der Waals surface area contributed by atoms with E-state index in [4.69, 9.17) is 19.9 Å². The van der Waals surface area contributed by atoms with Crippen LogP contribution in [-0.4, -0.2) is 46.0 Å². The summed E-state index contributed by atoms with van der Waals surface area (Å²) in [5.74, 6) is -0.753. The van der Waals surface area contributed by atoms with Crippen LogP contribution in [0.3, 0.4) is 0 Å². The van der Waals surface area contributed by atoms with Crippen LogP contribution in [0.25, 0.3) is 0 Å². The summed E-state index contributed by atoms with van der Waals surface area (Å²) in [7, 11) is 0. The Balaban J connectivity index is 1.21. The fourth-order valence-corrected chi connectivity index (χ4v) is 6.99. The van der Waals surface area contributed by atoms with E-state index in [0.29, 0.717) is 18.6 Å². The minimum Gasteiger partial charge on any atom is -0.504 e. The summed E-state index contributed by atoms with van der Waals surface area (Å²) in [6.45, 7) is 1.44. The highest BCUT2D eigenvalue weighted by molar-refractivity contribution is 5.82. The van der Waals surface area contributed by atoms with Gasteiger partial charge < -0.3 is 30.2 Å². The van der Waals surface area contributed by atoms with E-state index < -0.39 is 41.2 Å². The van der Waals surface area contributed by atoms with Gasteiger partial charge in [-0.15, -0.1) is 0 Å². The van der Waals surface area contributed by atoms with Crippen LogP contribution in [0, 0.1) is 5.92 Å². The van der Waals surface area contributed by atoms with Gasteiger partial charge in [0.05, 0.1) is 11.0 Å². The Morgan fingerprint density at radius 2 is 1.97 bits per heavy atom. The third kappa shape index (κ3) is 3.49. The molecule has 2 aromatic carbocycles. The number of aliphatic hydroxyl groups is 1. The van der Waals surface area contributed by atoms with Crippen LogP contribution in [-0.2, 0) is 37.3 Å². The number of rotatable bonds is 6. The molecule has 8 heteroatoms. The van der Waals surface area contributed by atoms with Gasteiger partial charge in [-0.25, -0.2) is 4.79 Å². The molecule has 0 amide bonds. The summed E-state index contributed by atoms with van der Waals surface area (Å²) in [6.07, 6.45) is 3.53. The number of esters is 2. The summed E-state index contributed by atoms with van der Waals surface area (Å²) >= 11 is 0. The summed E-state index contributed by atoms with van der Waals surface area (Å²) in [4.78, 5) is 25.6. The molecule has 1 saturated carbocycles. The maximum atomic E-state index is 13.0. The second-order valence-corrected chi connectivity index (χ2v) is 10.7. The maximum absolute atomic E-state index is 13.0. The number of carbonyl (C=O) groups excluding carboxylic acids is 2. The molecule has 2 aromatic rings. The topological polar surface area (TPSA) is 128 Å². The lowest BCUT2D eigenvalue weighted by molar-refractivity contribution is -0.171. The Hall–Kier alpha value is -3.36. The minimum absolute atomic E-state index is 0.00859. The molecule has 194 valence electrons. The van der Waals surface area contributed by atoms with E-state index in [0.717, 1.165) is 36.0 Å². The van der Waals surface area contributed by atoms with E-state index >= 15 is 0 Å². The molecule has 4 N–H and O–H groups in total. The van der Waals surface area contributed by atoms with Gasteiger partial charge >= 0.3 is 11.9 Å². The number of hydrogen-bond donors (Lipinski definition) is 3. The highest BCUT2D eigenvalue weighted by Gasteiger charge is 2.70. The molecule has 0 unspecified atom stereocenters. The first-order valence-electron chi connectivity index (χ1n) is 12.9. The number of phenolic OH excluding ortho intramolecular Hbond substituents is 1. The van der Waals surface area contributed by atoms with Crippen LogP contribution in [0.4, 0.5) is 0 Å². The van der Waals surface area contributed by atoms with E-state index in [-0.39, 0.29) is 23.8 Å². The monoisotopic (exact) mass is 505 g/mol. The summed E-state index contributed by atoms with van der Waals surface area (Å²) in [5, 5.41) is 22.6. The van der Waals surface area contributed by atoms with Crippen molar-refractivity contribution in [2.24, 2.45) is 11.7 Å². The first kappa shape index (κ1) is 24.0. The second-order valence-electron chi connectivity index (χ2n) is 10.7. The van der Waals surface area contributed by atoms with Gasteiger partial charge in [0.2, 0.25) is 0 Å². The molecule has 0 saturated heterocycles. The molecule has 6 rings (SSSR count). The van der Waals surface area contributed by atoms with Crippen LogP contribution in [0.5, 0.6) is 11.5 Å². The largest absolute Gasteiger partial charge is 0.504 e. The molecule has 1 spiro atoms. The number of carbonyl (C=O) groups is 2. The number of phenols is 1. The Kier molecular flexibility index (Phi) is 5.58. The van der Waals surface area contributed by atoms with Crippen LogP contribution in [0.1, 0.15) is 49.3 Å². The molecule has 4 aliphatic rings. The zero-order valence-corrected chi connectivity index (χ0v) is 20.7. The molecule has 2 bridgehead atoms. The Labute approximate surface area is 215 Å². The SMILES string of the molecule is C[C@H](OC(=O)[C@@H](N)Cc1ccccc1)C(=O)OC1=CC[C@@]2(O)[C@@H]3CCC[C@@]24c2c(ccc(O)c2O[C@@H]14)C3. The van der Waals surface area contributed by atoms with E-state index in [1.54, 1.807) is 12.1 Å². The van der Waals surface area contributed by atoms with Gasteiger partial charge in [-0.05, 0) is 68.2 Å². The van der Waals surface area contributed by atoms with Crippen molar-refractivity contribution in [3.8, 4) is 11.5 Å². The van der Waals surface area contributed by atoms with Gasteiger partial charge in [0.1, 0.15) is 11.8 Å². The number of benzene rings is 2. The summed E-state index contributed by atoms with van der Waals surface area (Å²) in [6, 6.07) is 11.9. The standard InChI is InChI=1S/C29H31NO7/c1-16(35-27(33)20(30)14-17-6-3-2-4-7-17)26(32)36-22-11-13-29(34)19-8-5-12-28(29)23-18(15-19)9-10-21(31)24(23)37-25(22)28/h2-4,6-7,9-11,16,19-20,25,31,34H,5,8,12-15,30H2,1H3/t16-,19+,20-,25-,28-,29+/m0/s1. The molecule has 1 fully saturated rings. The molecular weight excluding hydrogens is 474 g/mol. The van der Waals surface area contributed by atoms with Crippen molar-refractivity contribution in [3.63, 3.8) is 0 Å². The third-order valence-corrected chi connectivity index (χ3v) is 8.71. The molecule has 0 aromatic heterocycles. The first-order valence-corrected chi connectivity index (χ1v) is 12.9. The highest BCUT2D eigenvalue weighted by Crippen LogP contribution is 2.67. The van der Waals surface area contributed by atoms with Crippen LogP contribution < -0.4 is 10.5 Å². The van der Waals surface area contributed by atoms with Gasteiger partial charge in [-0.1, -0.05) is 42.8 Å². The normalized spacial score (nSPS) is 30.3. The van der Waals surface area contributed by atoms with Crippen LogP contribution >= 0.6 is 0 Å². The van der Waals surface area contributed by atoms with Crippen molar-refractivity contribution in [3.05, 3.63) is 71.0 Å². The quantitative estimate of drug-likeness (QED) is 0.512. The molecule has 1 heterocycles. The minimum atomic E-state index is -1.19. The average molecular weight is 506 g/mol. The first-order chi connectivity index (χ1) is 17.7. The van der Waals surface area contributed by atoms with Crippen molar-refractivity contribution < 1.29 is 34.0 Å². The number of aromatic hydroxyl groups is 1. The van der Waals surface area contributed by atoms with E-state index in [9.17, 15) is 19.8 Å². The fraction of sp³-hybridized carbons (Fsp3) is 0.448. The van der Waals surface area contributed by atoms with Crippen molar-refractivity contribution in [1.29, 1.82) is 0 Å². The number of nitrogens with two attached hydrogens (primary N) is 1. The highest BCUT2D eigenvalue weighted by atomic mass is 16.6. The fourth-order valence-electron chi connectivity index (χ4n) is 6.99.